The molecule has 0 bridgehead atoms. The van der Waals surface area contributed by atoms with Crippen LogP contribution < -0.4 is 11.1 Å². The van der Waals surface area contributed by atoms with Crippen molar-refractivity contribution in [2.45, 2.75) is 33.2 Å². The van der Waals surface area contributed by atoms with Crippen LogP contribution in [0.1, 0.15) is 27.7 Å². The van der Waals surface area contributed by atoms with Gasteiger partial charge < -0.3 is 20.7 Å². The molecule has 0 aromatic heterocycles. The summed E-state index contributed by atoms with van der Waals surface area (Å²) in [4.78, 5) is 14.2. The molecule has 1 amide bonds. The molecule has 3 N–H and O–H groups in total. The Kier molecular flexibility index (Phi) is 6.81. The zero-order valence-corrected chi connectivity index (χ0v) is 12.7. The van der Waals surface area contributed by atoms with Crippen molar-refractivity contribution < 1.29 is 9.53 Å². The predicted octanol–water partition coefficient (Wildman–Crippen LogP) is 0.444. The van der Waals surface area contributed by atoms with E-state index >= 15 is 0 Å². The summed E-state index contributed by atoms with van der Waals surface area (Å²) in [6, 6.07) is 0. The molecule has 108 valence electrons. The van der Waals surface area contributed by atoms with Gasteiger partial charge in [-0.05, 0) is 34.7 Å². The molecule has 18 heavy (non-hydrogen) atoms. The number of nitrogens with one attached hydrogen (secondary N) is 1. The lowest BCUT2D eigenvalue weighted by Crippen LogP contribution is -2.56. The molecule has 0 saturated heterocycles. The number of carbonyl (C=O) groups is 1. The highest BCUT2D eigenvalue weighted by molar-refractivity contribution is 5.83. The molecule has 5 heteroatoms. The quantitative estimate of drug-likeness (QED) is 0.664. The second-order valence-corrected chi connectivity index (χ2v) is 5.90. The van der Waals surface area contributed by atoms with Gasteiger partial charge in [0.1, 0.15) is 0 Å². The van der Waals surface area contributed by atoms with Crippen LogP contribution in [-0.2, 0) is 9.53 Å². The summed E-state index contributed by atoms with van der Waals surface area (Å²) in [6.45, 7) is 10.5. The molecule has 0 fully saturated rings. The summed E-state index contributed by atoms with van der Waals surface area (Å²) in [6.07, 6.45) is 0. The first-order valence-corrected chi connectivity index (χ1v) is 6.37. The van der Waals surface area contributed by atoms with Gasteiger partial charge in [0, 0.05) is 32.3 Å². The van der Waals surface area contributed by atoms with E-state index in [0.29, 0.717) is 13.2 Å². The lowest BCUT2D eigenvalue weighted by Gasteiger charge is -2.37. The van der Waals surface area contributed by atoms with Gasteiger partial charge in [0.2, 0.25) is 5.91 Å². The van der Waals surface area contributed by atoms with E-state index in [1.807, 2.05) is 34.7 Å². The number of hydrogen-bond donors (Lipinski definition) is 2. The minimum atomic E-state index is -0.585. The van der Waals surface area contributed by atoms with Crippen LogP contribution in [0, 0.1) is 5.41 Å². The maximum absolute atomic E-state index is 12.1. The normalized spacial score (nSPS) is 12.9. The molecule has 0 aromatic rings. The molecule has 0 radical (unpaired) electrons. The molecule has 0 aliphatic rings. The third-order valence-corrected chi connectivity index (χ3v) is 3.63. The third kappa shape index (κ3) is 5.33. The summed E-state index contributed by atoms with van der Waals surface area (Å²) in [7, 11) is 3.69. The van der Waals surface area contributed by atoms with Gasteiger partial charge in [-0.2, -0.15) is 0 Å². The number of hydrogen-bond acceptors (Lipinski definition) is 4. The van der Waals surface area contributed by atoms with Gasteiger partial charge >= 0.3 is 0 Å². The Labute approximate surface area is 111 Å². The van der Waals surface area contributed by atoms with E-state index in [4.69, 9.17) is 10.5 Å². The molecule has 5 nitrogen and oxygen atoms in total. The lowest BCUT2D eigenvalue weighted by molar-refractivity contribution is -0.132. The first kappa shape index (κ1) is 17.4. The number of likely N-dealkylation sites (N-methyl/N-ethyl adjacent to an activating group) is 1. The summed E-state index contributed by atoms with van der Waals surface area (Å²) >= 11 is 0. The highest BCUT2D eigenvalue weighted by Gasteiger charge is 2.40. The van der Waals surface area contributed by atoms with Gasteiger partial charge in [-0.3, -0.25) is 4.79 Å². The van der Waals surface area contributed by atoms with E-state index in [1.165, 1.54) is 0 Å². The molecule has 0 unspecified atom stereocenters. The number of nitrogens with zero attached hydrogens (tertiary/aromatic N) is 1. The van der Waals surface area contributed by atoms with Crippen LogP contribution in [0.4, 0.5) is 0 Å². The smallest absolute Gasteiger partial charge is 0.227 e. The lowest BCUT2D eigenvalue weighted by atomic mass is 9.74. The van der Waals surface area contributed by atoms with Crippen molar-refractivity contribution in [3.8, 4) is 0 Å². The van der Waals surface area contributed by atoms with E-state index in [1.54, 1.807) is 7.11 Å². The molecule has 0 heterocycles. The molecule has 0 aliphatic carbocycles. The van der Waals surface area contributed by atoms with Crippen LogP contribution in [0.25, 0.3) is 0 Å². The highest BCUT2D eigenvalue weighted by atomic mass is 16.5. The second-order valence-electron chi connectivity index (χ2n) is 5.90. The van der Waals surface area contributed by atoms with E-state index in [9.17, 15) is 4.79 Å². The molecule has 0 rings (SSSR count). The fourth-order valence-corrected chi connectivity index (χ4v) is 1.23. The Morgan fingerprint density at radius 2 is 1.83 bits per heavy atom. The number of nitrogens with two attached hydrogens (primary N) is 1. The Hall–Kier alpha value is -0.650. The zero-order valence-electron chi connectivity index (χ0n) is 12.7. The molecule has 0 aliphatic heterocycles. The summed E-state index contributed by atoms with van der Waals surface area (Å²) in [5.41, 5.74) is 4.90. The number of methoxy groups -OCH3 is 1. The fraction of sp³-hybridized carbons (Fsp3) is 0.923. The molecule has 0 saturated carbocycles. The number of carbonyl (C=O) groups excluding carboxylic acids is 1. The first-order chi connectivity index (χ1) is 8.13. The van der Waals surface area contributed by atoms with Gasteiger partial charge in [0.15, 0.2) is 0 Å². The summed E-state index contributed by atoms with van der Waals surface area (Å²) in [5.74, 6) is -0.00450. The predicted molar refractivity (Wildman–Crippen MR) is 74.4 cm³/mol. The van der Waals surface area contributed by atoms with Crippen molar-refractivity contribution >= 4 is 5.91 Å². The molecule has 0 atom stereocenters. The van der Waals surface area contributed by atoms with Crippen molar-refractivity contribution in [2.24, 2.45) is 11.1 Å². The van der Waals surface area contributed by atoms with Gasteiger partial charge in [-0.25, -0.2) is 0 Å². The van der Waals surface area contributed by atoms with Crippen molar-refractivity contribution in [1.82, 2.24) is 10.2 Å². The Morgan fingerprint density at radius 1 is 1.28 bits per heavy atom. The van der Waals surface area contributed by atoms with E-state index in [0.717, 1.165) is 13.1 Å². The monoisotopic (exact) mass is 259 g/mol. The van der Waals surface area contributed by atoms with Crippen LogP contribution in [0.3, 0.4) is 0 Å². The maximum atomic E-state index is 12.1. The minimum absolute atomic E-state index is 0.00450. The van der Waals surface area contributed by atoms with Crippen molar-refractivity contribution in [1.29, 1.82) is 0 Å². The molecular weight excluding hydrogens is 230 g/mol. The number of ether oxygens (including phenoxy) is 1. The topological polar surface area (TPSA) is 67.6 Å². The minimum Gasteiger partial charge on any atom is -0.383 e. The molecule has 0 spiro atoms. The molecule has 0 aromatic carbocycles. The van der Waals surface area contributed by atoms with Crippen molar-refractivity contribution in [3.05, 3.63) is 0 Å². The van der Waals surface area contributed by atoms with Crippen molar-refractivity contribution in [3.63, 3.8) is 0 Å². The summed E-state index contributed by atoms with van der Waals surface area (Å²) < 4.78 is 4.99. The van der Waals surface area contributed by atoms with Gasteiger partial charge in [-0.1, -0.05) is 0 Å². The number of rotatable bonds is 8. The van der Waals surface area contributed by atoms with Crippen LogP contribution in [-0.4, -0.2) is 56.7 Å². The van der Waals surface area contributed by atoms with Crippen molar-refractivity contribution in [2.75, 3.05) is 40.4 Å². The second kappa shape index (κ2) is 7.07. The standard InChI is InChI=1S/C13H29N3O2/c1-12(2,13(3,4)14)11(17)15-7-8-16(5)9-10-18-6/h7-10,14H2,1-6H3,(H,15,17). The zero-order chi connectivity index (χ0) is 14.4. The SMILES string of the molecule is COCCN(C)CCNC(=O)C(C)(C)C(C)(C)N. The fourth-order valence-electron chi connectivity index (χ4n) is 1.23. The first-order valence-electron chi connectivity index (χ1n) is 6.37. The van der Waals surface area contributed by atoms with E-state index in [-0.39, 0.29) is 5.91 Å². The van der Waals surface area contributed by atoms with Crippen LogP contribution in [0.2, 0.25) is 0 Å². The largest absolute Gasteiger partial charge is 0.383 e. The van der Waals surface area contributed by atoms with Crippen LogP contribution in [0.15, 0.2) is 0 Å². The van der Waals surface area contributed by atoms with Crippen LogP contribution >= 0.6 is 0 Å². The van der Waals surface area contributed by atoms with Gasteiger partial charge in [0.25, 0.3) is 0 Å². The van der Waals surface area contributed by atoms with E-state index < -0.39 is 11.0 Å². The van der Waals surface area contributed by atoms with Gasteiger partial charge in [-0.15, -0.1) is 0 Å². The Balaban J connectivity index is 4.05. The highest BCUT2D eigenvalue weighted by Crippen LogP contribution is 2.28. The Morgan fingerprint density at radius 3 is 2.28 bits per heavy atom. The average molecular weight is 259 g/mol. The van der Waals surface area contributed by atoms with Crippen LogP contribution in [0.5, 0.6) is 0 Å². The summed E-state index contributed by atoms with van der Waals surface area (Å²) in [5, 5.41) is 2.94. The maximum Gasteiger partial charge on any atom is 0.227 e. The average Bonchev–Trinajstić information content (AvgIpc) is 2.24. The number of amides is 1. The molecular formula is C13H29N3O2. The van der Waals surface area contributed by atoms with Gasteiger partial charge in [0.05, 0.1) is 12.0 Å². The third-order valence-electron chi connectivity index (χ3n) is 3.63. The Bertz CT molecular complexity index is 259. The van der Waals surface area contributed by atoms with E-state index in [2.05, 4.69) is 10.2 Å².